The molecule has 2 aliphatic heterocycles. The Hall–Kier alpha value is -3.67. The average Bonchev–Trinajstić information content (AvgIpc) is 3.25. The Balaban J connectivity index is 1.65. The van der Waals surface area contributed by atoms with E-state index in [-0.39, 0.29) is 11.8 Å². The average molecular weight is 416 g/mol. The molecule has 158 valence electrons. The topological polar surface area (TPSA) is 63.5 Å². The van der Waals surface area contributed by atoms with Crippen molar-refractivity contribution >= 4 is 5.71 Å². The second-order valence-corrected chi connectivity index (χ2v) is 7.78. The monoisotopic (exact) mass is 416 g/mol. The van der Waals surface area contributed by atoms with E-state index in [4.69, 9.17) is 19.3 Å². The highest BCUT2D eigenvalue weighted by Gasteiger charge is 2.42. The molecule has 0 saturated carbocycles. The van der Waals surface area contributed by atoms with Crippen LogP contribution in [0.1, 0.15) is 40.9 Å². The standard InChI is InChI=1S/C25H24N2O4/c1-15-8-10-22(28)18(12-15)20-14-21-17-6-4-5-7-24(17)31-25(27(21)26-20)19-13-16(29-2)9-11-23(19)30-3/h4-13,21,25,28H,14H2,1-3H3. The minimum absolute atomic E-state index is 0.0132. The number of para-hydroxylation sites is 1. The molecule has 1 N–H and O–H groups in total. The largest absolute Gasteiger partial charge is 0.507 e. The fraction of sp³-hybridized carbons (Fsp3) is 0.240. The SMILES string of the molecule is COc1ccc(OC)c(C2Oc3ccccc3C3CC(c4cc(C)ccc4O)=NN32)c1. The Morgan fingerprint density at radius 2 is 1.84 bits per heavy atom. The van der Waals surface area contributed by atoms with Crippen LogP contribution in [-0.2, 0) is 0 Å². The third-order valence-corrected chi connectivity index (χ3v) is 5.86. The summed E-state index contributed by atoms with van der Waals surface area (Å²) in [6.07, 6.45) is 0.176. The Labute approximate surface area is 181 Å². The van der Waals surface area contributed by atoms with Crippen LogP contribution in [0.15, 0.2) is 65.8 Å². The van der Waals surface area contributed by atoms with Crippen molar-refractivity contribution in [3.05, 3.63) is 82.9 Å². The van der Waals surface area contributed by atoms with Gasteiger partial charge in [0.15, 0.2) is 0 Å². The number of aromatic hydroxyl groups is 1. The molecule has 0 spiro atoms. The molecule has 2 aliphatic rings. The molecular formula is C25H24N2O4. The van der Waals surface area contributed by atoms with Crippen LogP contribution in [0.4, 0.5) is 0 Å². The fourth-order valence-electron chi connectivity index (χ4n) is 4.32. The van der Waals surface area contributed by atoms with Crippen LogP contribution in [0.25, 0.3) is 0 Å². The van der Waals surface area contributed by atoms with Crippen LogP contribution >= 0.6 is 0 Å². The summed E-state index contributed by atoms with van der Waals surface area (Å²) in [5.41, 5.74) is 4.57. The van der Waals surface area contributed by atoms with Gasteiger partial charge in [-0.3, -0.25) is 0 Å². The van der Waals surface area contributed by atoms with Crippen molar-refractivity contribution in [2.45, 2.75) is 25.6 Å². The fourth-order valence-corrected chi connectivity index (χ4v) is 4.32. The van der Waals surface area contributed by atoms with E-state index >= 15 is 0 Å². The first-order chi connectivity index (χ1) is 15.1. The summed E-state index contributed by atoms with van der Waals surface area (Å²) >= 11 is 0. The van der Waals surface area contributed by atoms with Crippen molar-refractivity contribution in [1.82, 2.24) is 5.01 Å². The maximum atomic E-state index is 10.5. The number of fused-ring (bicyclic) bond motifs is 3. The maximum Gasteiger partial charge on any atom is 0.217 e. The van der Waals surface area contributed by atoms with Crippen LogP contribution in [0, 0.1) is 6.92 Å². The van der Waals surface area contributed by atoms with Crippen molar-refractivity contribution in [3.63, 3.8) is 0 Å². The first kappa shape index (κ1) is 19.3. The summed E-state index contributed by atoms with van der Waals surface area (Å²) in [6, 6.07) is 19.3. The van der Waals surface area contributed by atoms with E-state index in [9.17, 15) is 5.11 Å². The van der Waals surface area contributed by atoms with Gasteiger partial charge in [-0.05, 0) is 43.3 Å². The summed E-state index contributed by atoms with van der Waals surface area (Å²) in [6.45, 7) is 2.01. The van der Waals surface area contributed by atoms with Gasteiger partial charge in [-0.1, -0.05) is 29.8 Å². The van der Waals surface area contributed by atoms with Gasteiger partial charge in [0.1, 0.15) is 23.0 Å². The number of hydrogen-bond donors (Lipinski definition) is 1. The lowest BCUT2D eigenvalue weighted by Crippen LogP contribution is -2.33. The zero-order chi connectivity index (χ0) is 21.5. The van der Waals surface area contributed by atoms with Crippen LogP contribution in [0.5, 0.6) is 23.0 Å². The summed E-state index contributed by atoms with van der Waals surface area (Å²) in [5, 5.41) is 17.4. The zero-order valence-corrected chi connectivity index (χ0v) is 17.7. The molecule has 0 saturated heterocycles. The molecule has 0 radical (unpaired) electrons. The molecule has 0 aliphatic carbocycles. The lowest BCUT2D eigenvalue weighted by Gasteiger charge is -2.38. The summed E-state index contributed by atoms with van der Waals surface area (Å²) in [5.74, 6) is 2.47. The Morgan fingerprint density at radius 3 is 2.65 bits per heavy atom. The van der Waals surface area contributed by atoms with Crippen molar-refractivity contribution in [2.24, 2.45) is 5.10 Å². The molecule has 5 rings (SSSR count). The molecule has 6 nitrogen and oxygen atoms in total. The minimum Gasteiger partial charge on any atom is -0.507 e. The van der Waals surface area contributed by atoms with Gasteiger partial charge in [0.25, 0.3) is 0 Å². The molecule has 2 atom stereocenters. The van der Waals surface area contributed by atoms with Crippen LogP contribution < -0.4 is 14.2 Å². The van der Waals surface area contributed by atoms with Crippen molar-refractivity contribution < 1.29 is 19.3 Å². The predicted octanol–water partition coefficient (Wildman–Crippen LogP) is 4.96. The minimum atomic E-state index is -0.491. The molecule has 2 heterocycles. The Kier molecular flexibility index (Phi) is 4.70. The molecule has 31 heavy (non-hydrogen) atoms. The van der Waals surface area contributed by atoms with Crippen molar-refractivity contribution in [2.75, 3.05) is 14.2 Å². The Morgan fingerprint density at radius 1 is 1.00 bits per heavy atom. The second kappa shape index (κ2) is 7.54. The molecule has 0 bridgehead atoms. The summed E-state index contributed by atoms with van der Waals surface area (Å²) in [4.78, 5) is 0. The zero-order valence-electron chi connectivity index (χ0n) is 17.7. The number of ether oxygens (including phenoxy) is 3. The Bertz CT molecular complexity index is 1170. The van der Waals surface area contributed by atoms with Crippen LogP contribution in [0.2, 0.25) is 0 Å². The van der Waals surface area contributed by atoms with Crippen LogP contribution in [0.3, 0.4) is 0 Å². The first-order valence-corrected chi connectivity index (χ1v) is 10.2. The third-order valence-electron chi connectivity index (χ3n) is 5.86. The predicted molar refractivity (Wildman–Crippen MR) is 118 cm³/mol. The van der Waals surface area contributed by atoms with Crippen molar-refractivity contribution in [1.29, 1.82) is 0 Å². The van der Waals surface area contributed by atoms with E-state index in [1.54, 1.807) is 20.3 Å². The lowest BCUT2D eigenvalue weighted by molar-refractivity contribution is -0.0204. The number of hydrazone groups is 1. The first-order valence-electron chi connectivity index (χ1n) is 10.2. The van der Waals surface area contributed by atoms with Crippen molar-refractivity contribution in [3.8, 4) is 23.0 Å². The second-order valence-electron chi connectivity index (χ2n) is 7.78. The molecular weight excluding hydrogens is 392 g/mol. The van der Waals surface area contributed by atoms with E-state index in [0.717, 1.165) is 39.5 Å². The number of hydrogen-bond acceptors (Lipinski definition) is 6. The number of benzene rings is 3. The van der Waals surface area contributed by atoms with E-state index in [0.29, 0.717) is 12.2 Å². The number of phenols is 1. The van der Waals surface area contributed by atoms with Gasteiger partial charge in [-0.15, -0.1) is 0 Å². The van der Waals surface area contributed by atoms with Gasteiger partial charge in [0, 0.05) is 17.5 Å². The molecule has 2 unspecified atom stereocenters. The van der Waals surface area contributed by atoms with Gasteiger partial charge >= 0.3 is 0 Å². The number of methoxy groups -OCH3 is 2. The third kappa shape index (κ3) is 3.24. The maximum absolute atomic E-state index is 10.5. The number of phenolic OH excluding ortho intramolecular Hbond substituents is 1. The highest BCUT2D eigenvalue weighted by Crippen LogP contribution is 2.49. The molecule has 0 aromatic heterocycles. The number of aryl methyl sites for hydroxylation is 1. The van der Waals surface area contributed by atoms with Gasteiger partial charge in [-0.25, -0.2) is 5.01 Å². The number of rotatable bonds is 4. The summed E-state index contributed by atoms with van der Waals surface area (Å²) < 4.78 is 17.5. The highest BCUT2D eigenvalue weighted by molar-refractivity contribution is 6.04. The van der Waals surface area contributed by atoms with E-state index in [2.05, 4.69) is 6.07 Å². The number of nitrogens with zero attached hydrogens (tertiary/aromatic N) is 2. The van der Waals surface area contributed by atoms with Gasteiger partial charge in [0.2, 0.25) is 6.23 Å². The molecule has 3 aromatic carbocycles. The van der Waals surface area contributed by atoms with Gasteiger partial charge in [-0.2, -0.15) is 5.10 Å². The normalized spacial score (nSPS) is 19.2. The highest BCUT2D eigenvalue weighted by atomic mass is 16.5. The van der Waals surface area contributed by atoms with E-state index in [1.165, 1.54) is 0 Å². The lowest BCUT2D eigenvalue weighted by atomic mass is 9.95. The molecule has 3 aromatic rings. The van der Waals surface area contributed by atoms with E-state index in [1.807, 2.05) is 60.5 Å². The quantitative estimate of drug-likeness (QED) is 0.651. The van der Waals surface area contributed by atoms with Gasteiger partial charge < -0.3 is 19.3 Å². The molecule has 0 amide bonds. The van der Waals surface area contributed by atoms with Gasteiger partial charge in [0.05, 0.1) is 31.5 Å². The molecule has 0 fully saturated rings. The van der Waals surface area contributed by atoms with E-state index < -0.39 is 6.23 Å². The summed E-state index contributed by atoms with van der Waals surface area (Å²) in [7, 11) is 3.28. The molecule has 6 heteroatoms. The van der Waals surface area contributed by atoms with Crippen LogP contribution in [-0.4, -0.2) is 30.0 Å². The smallest absolute Gasteiger partial charge is 0.217 e.